The molecule has 0 aromatic carbocycles. The molecule has 0 radical (unpaired) electrons. The predicted octanol–water partition coefficient (Wildman–Crippen LogP) is 3.15. The minimum atomic E-state index is 0.355. The third kappa shape index (κ3) is 1.77. The van der Waals surface area contributed by atoms with Crippen LogP contribution >= 0.6 is 0 Å². The maximum absolute atomic E-state index is 10.5. The number of hydrogen-bond acceptors (Lipinski definition) is 3. The molecule has 3 nitrogen and oxygen atoms in total. The van der Waals surface area contributed by atoms with Crippen LogP contribution in [-0.4, -0.2) is 11.3 Å². The molecule has 2 aromatic rings. The van der Waals surface area contributed by atoms with E-state index in [1.807, 2.05) is 6.07 Å². The molecule has 1 unspecified atom stereocenters. The minimum Gasteiger partial charge on any atom is -0.453 e. The maximum atomic E-state index is 10.5. The highest BCUT2D eigenvalue weighted by Crippen LogP contribution is 2.23. The Balaban J connectivity index is 2.50. The second kappa shape index (κ2) is 3.85. The topological polar surface area (TPSA) is 43.1 Å². The van der Waals surface area contributed by atoms with E-state index >= 15 is 0 Å². The van der Waals surface area contributed by atoms with Crippen LogP contribution in [-0.2, 0) is 0 Å². The van der Waals surface area contributed by atoms with Crippen molar-refractivity contribution < 1.29 is 9.21 Å². The van der Waals surface area contributed by atoms with Crippen LogP contribution in [0.1, 0.15) is 42.4 Å². The molecule has 15 heavy (non-hydrogen) atoms. The van der Waals surface area contributed by atoms with Gasteiger partial charge in [0.2, 0.25) is 0 Å². The molecule has 0 aliphatic rings. The van der Waals surface area contributed by atoms with Crippen LogP contribution in [0, 0.1) is 0 Å². The molecule has 78 valence electrons. The van der Waals surface area contributed by atoms with Gasteiger partial charge in [-0.15, -0.1) is 0 Å². The van der Waals surface area contributed by atoms with E-state index in [1.54, 1.807) is 12.3 Å². The normalized spacial score (nSPS) is 12.9. The lowest BCUT2D eigenvalue weighted by molar-refractivity contribution is 0.110. The number of aldehydes is 1. The number of pyridine rings is 1. The van der Waals surface area contributed by atoms with Gasteiger partial charge in [-0.05, 0) is 18.4 Å². The molecule has 0 bridgehead atoms. The van der Waals surface area contributed by atoms with E-state index in [1.165, 1.54) is 0 Å². The lowest BCUT2D eigenvalue weighted by Gasteiger charge is -2.06. The summed E-state index contributed by atoms with van der Waals surface area (Å²) in [7, 11) is 0. The molecule has 2 aromatic heterocycles. The molecular weight excluding hydrogens is 190 g/mol. The fraction of sp³-hybridized carbons (Fsp3) is 0.333. The first kappa shape index (κ1) is 9.90. The Hall–Kier alpha value is -1.64. The van der Waals surface area contributed by atoms with Gasteiger partial charge in [0, 0.05) is 23.3 Å². The van der Waals surface area contributed by atoms with Crippen LogP contribution in [0.25, 0.3) is 11.0 Å². The summed E-state index contributed by atoms with van der Waals surface area (Å²) in [6.45, 7) is 4.24. The first-order valence-electron chi connectivity index (χ1n) is 5.09. The monoisotopic (exact) mass is 203 g/mol. The van der Waals surface area contributed by atoms with Crippen molar-refractivity contribution in [3.63, 3.8) is 0 Å². The van der Waals surface area contributed by atoms with Gasteiger partial charge < -0.3 is 4.42 Å². The van der Waals surface area contributed by atoms with E-state index < -0.39 is 0 Å². The number of carbonyl (C=O) groups is 1. The maximum Gasteiger partial charge on any atom is 0.185 e. The van der Waals surface area contributed by atoms with Crippen molar-refractivity contribution in [2.75, 3.05) is 0 Å². The quantitative estimate of drug-likeness (QED) is 0.719. The van der Waals surface area contributed by atoms with E-state index in [9.17, 15) is 4.79 Å². The summed E-state index contributed by atoms with van der Waals surface area (Å²) >= 11 is 0. The Morgan fingerprint density at radius 2 is 2.33 bits per heavy atom. The van der Waals surface area contributed by atoms with Gasteiger partial charge in [-0.25, -0.2) is 0 Å². The summed E-state index contributed by atoms with van der Waals surface area (Å²) in [4.78, 5) is 14.9. The van der Waals surface area contributed by atoms with E-state index in [0.29, 0.717) is 18.0 Å². The predicted molar refractivity (Wildman–Crippen MR) is 58.1 cm³/mol. The molecule has 0 aliphatic heterocycles. The fourth-order valence-electron chi connectivity index (χ4n) is 1.51. The Bertz CT molecular complexity index is 487. The number of carbonyl (C=O) groups excluding carboxylic acids is 1. The number of aromatic nitrogens is 1. The van der Waals surface area contributed by atoms with Crippen molar-refractivity contribution in [3.05, 3.63) is 29.8 Å². The molecule has 0 amide bonds. The minimum absolute atomic E-state index is 0.355. The first-order chi connectivity index (χ1) is 7.24. The second-order valence-electron chi connectivity index (χ2n) is 3.72. The van der Waals surface area contributed by atoms with Crippen LogP contribution in [0.3, 0.4) is 0 Å². The summed E-state index contributed by atoms with van der Waals surface area (Å²) in [5, 5.41) is 0.879. The molecule has 0 spiro atoms. The van der Waals surface area contributed by atoms with Crippen molar-refractivity contribution in [3.8, 4) is 0 Å². The first-order valence-corrected chi connectivity index (χ1v) is 5.09. The zero-order chi connectivity index (χ0) is 10.8. The smallest absolute Gasteiger partial charge is 0.185 e. The second-order valence-corrected chi connectivity index (χ2v) is 3.72. The third-order valence-corrected chi connectivity index (χ3v) is 2.68. The van der Waals surface area contributed by atoms with Crippen molar-refractivity contribution >= 4 is 17.3 Å². The van der Waals surface area contributed by atoms with Gasteiger partial charge in [0.25, 0.3) is 0 Å². The molecule has 0 fully saturated rings. The highest BCUT2D eigenvalue weighted by Gasteiger charge is 2.08. The fourth-order valence-corrected chi connectivity index (χ4v) is 1.51. The van der Waals surface area contributed by atoms with Gasteiger partial charge >= 0.3 is 0 Å². The average molecular weight is 203 g/mol. The van der Waals surface area contributed by atoms with Gasteiger partial charge in [0.05, 0.1) is 0 Å². The molecule has 0 N–H and O–H groups in total. The number of fused-ring (bicyclic) bond motifs is 1. The van der Waals surface area contributed by atoms with Crippen molar-refractivity contribution in [1.29, 1.82) is 0 Å². The molecule has 2 heterocycles. The van der Waals surface area contributed by atoms with Crippen LogP contribution in [0.5, 0.6) is 0 Å². The van der Waals surface area contributed by atoms with Crippen LogP contribution in [0.2, 0.25) is 0 Å². The summed E-state index contributed by atoms with van der Waals surface area (Å²) in [5.74, 6) is 0.771. The van der Waals surface area contributed by atoms with Gasteiger partial charge in [0.15, 0.2) is 12.0 Å². The molecule has 1 atom stereocenters. The zero-order valence-corrected chi connectivity index (χ0v) is 8.86. The zero-order valence-electron chi connectivity index (χ0n) is 8.86. The SMILES string of the molecule is CCC(C)c1cc2oc(C=O)cc2cn1. The van der Waals surface area contributed by atoms with E-state index in [0.717, 1.165) is 23.1 Å². The molecule has 0 aliphatic carbocycles. The molecule has 0 saturated heterocycles. The largest absolute Gasteiger partial charge is 0.453 e. The summed E-state index contributed by atoms with van der Waals surface area (Å²) in [6.07, 6.45) is 3.51. The van der Waals surface area contributed by atoms with Crippen LogP contribution in [0.4, 0.5) is 0 Å². The van der Waals surface area contributed by atoms with Crippen molar-refractivity contribution in [2.45, 2.75) is 26.2 Å². The van der Waals surface area contributed by atoms with Crippen molar-refractivity contribution in [2.24, 2.45) is 0 Å². The van der Waals surface area contributed by atoms with Crippen molar-refractivity contribution in [1.82, 2.24) is 4.98 Å². The van der Waals surface area contributed by atoms with E-state index in [4.69, 9.17) is 4.42 Å². The van der Waals surface area contributed by atoms with Gasteiger partial charge in [-0.3, -0.25) is 9.78 Å². The molecule has 3 heteroatoms. The number of hydrogen-bond donors (Lipinski definition) is 0. The Morgan fingerprint density at radius 3 is 3.00 bits per heavy atom. The van der Waals surface area contributed by atoms with Gasteiger partial charge in [-0.2, -0.15) is 0 Å². The van der Waals surface area contributed by atoms with E-state index in [-0.39, 0.29) is 0 Å². The Kier molecular flexibility index (Phi) is 2.54. The molecular formula is C12H13NO2. The highest BCUT2D eigenvalue weighted by atomic mass is 16.3. The summed E-state index contributed by atoms with van der Waals surface area (Å²) < 4.78 is 5.34. The van der Waals surface area contributed by atoms with Crippen LogP contribution in [0.15, 0.2) is 22.7 Å². The molecule has 0 saturated carbocycles. The number of rotatable bonds is 3. The van der Waals surface area contributed by atoms with Gasteiger partial charge in [0.1, 0.15) is 5.58 Å². The lowest BCUT2D eigenvalue weighted by Crippen LogP contribution is -1.93. The van der Waals surface area contributed by atoms with E-state index in [2.05, 4.69) is 18.8 Å². The third-order valence-electron chi connectivity index (χ3n) is 2.68. The van der Waals surface area contributed by atoms with Crippen LogP contribution < -0.4 is 0 Å². The molecule has 2 rings (SSSR count). The summed E-state index contributed by atoms with van der Waals surface area (Å²) in [5.41, 5.74) is 1.75. The lowest BCUT2D eigenvalue weighted by atomic mass is 10.0. The Morgan fingerprint density at radius 1 is 1.53 bits per heavy atom. The number of furan rings is 1. The standard InChI is InChI=1S/C12H13NO2/c1-3-8(2)11-5-12-9(6-13-11)4-10(7-14)15-12/h4-8H,3H2,1-2H3. The summed E-state index contributed by atoms with van der Waals surface area (Å²) in [6, 6.07) is 3.62. The highest BCUT2D eigenvalue weighted by molar-refractivity contribution is 5.84. The average Bonchev–Trinajstić information content (AvgIpc) is 2.69. The Labute approximate surface area is 88.1 Å². The number of nitrogens with zero attached hydrogens (tertiary/aromatic N) is 1. The van der Waals surface area contributed by atoms with Gasteiger partial charge in [-0.1, -0.05) is 13.8 Å².